The highest BCUT2D eigenvalue weighted by Crippen LogP contribution is 2.18. The van der Waals surface area contributed by atoms with Crippen LogP contribution in [-0.2, 0) is 20.9 Å². The summed E-state index contributed by atoms with van der Waals surface area (Å²) in [6.07, 6.45) is -2.21. The maximum atomic E-state index is 13.1. The molecule has 0 heterocycles. The van der Waals surface area contributed by atoms with Crippen molar-refractivity contribution < 1.29 is 34.1 Å². The summed E-state index contributed by atoms with van der Waals surface area (Å²) >= 11 is 0. The van der Waals surface area contributed by atoms with Crippen LogP contribution in [0.15, 0.2) is 30.3 Å². The van der Waals surface area contributed by atoms with Gasteiger partial charge in [-0.1, -0.05) is 58.0 Å². The second kappa shape index (κ2) is 13.9. The largest absolute Gasteiger partial charge is 0.480 e. The van der Waals surface area contributed by atoms with Crippen LogP contribution < -0.4 is 5.32 Å². The van der Waals surface area contributed by atoms with Gasteiger partial charge >= 0.3 is 18.2 Å². The highest BCUT2D eigenvalue weighted by atomic mass is 16.6. The maximum Gasteiger partial charge on any atom is 0.410 e. The molecule has 0 aliphatic carbocycles. The van der Waals surface area contributed by atoms with Crippen LogP contribution in [0.2, 0.25) is 0 Å². The lowest BCUT2D eigenvalue weighted by Gasteiger charge is -2.34. The Hall–Kier alpha value is -2.81. The molecule has 0 saturated heterocycles. The monoisotopic (exact) mass is 494 g/mol. The number of nitrogens with one attached hydrogen (secondary N) is 1. The molecular formula is C26H42N2O7. The number of nitrogens with zero attached hydrogens (tertiary/aromatic N) is 1. The molecule has 0 spiro atoms. The molecule has 0 aliphatic heterocycles. The fourth-order valence-electron chi connectivity index (χ4n) is 3.55. The van der Waals surface area contributed by atoms with E-state index in [9.17, 15) is 24.6 Å². The van der Waals surface area contributed by atoms with Crippen LogP contribution in [0.1, 0.15) is 66.9 Å². The standard InChI is InChI=1S/C26H42N2O7/c1-17(2)13-20(27-24(32)35-26(5,6)7)22(29)15-28(21(23(30)31)14-18(3)4)25(33)34-16-19-11-9-8-10-12-19/h8-12,17-18,20-22,29H,13-16H2,1-7H3,(H,27,32)(H,30,31)/t20-,21+,22?/m0/s1. The van der Waals surface area contributed by atoms with Crippen molar-refractivity contribution in [3.8, 4) is 0 Å². The number of benzene rings is 1. The lowest BCUT2D eigenvalue weighted by atomic mass is 9.97. The number of hydrogen-bond acceptors (Lipinski definition) is 6. The first-order valence-corrected chi connectivity index (χ1v) is 12.1. The number of aliphatic hydroxyl groups is 1. The van der Waals surface area contributed by atoms with Gasteiger partial charge in [-0.25, -0.2) is 14.4 Å². The average Bonchev–Trinajstić information content (AvgIpc) is 2.72. The third kappa shape index (κ3) is 11.9. The molecule has 0 bridgehead atoms. The summed E-state index contributed by atoms with van der Waals surface area (Å²) in [4.78, 5) is 38.6. The third-order valence-electron chi connectivity index (χ3n) is 5.07. The molecule has 35 heavy (non-hydrogen) atoms. The predicted octanol–water partition coefficient (Wildman–Crippen LogP) is 4.42. The number of ether oxygens (including phenoxy) is 2. The van der Waals surface area contributed by atoms with Gasteiger partial charge in [0.25, 0.3) is 0 Å². The molecule has 9 nitrogen and oxygen atoms in total. The number of hydrogen-bond donors (Lipinski definition) is 3. The Bertz CT molecular complexity index is 806. The first kappa shape index (κ1) is 30.2. The normalized spacial score (nSPS) is 14.2. The number of carboxylic acids is 1. The smallest absolute Gasteiger partial charge is 0.410 e. The average molecular weight is 495 g/mol. The van der Waals surface area contributed by atoms with E-state index in [1.54, 1.807) is 32.9 Å². The SMILES string of the molecule is CC(C)C[C@H](NC(=O)OC(C)(C)C)C(O)CN(C(=O)OCc1ccccc1)[C@H](CC(C)C)C(=O)O. The van der Waals surface area contributed by atoms with Crippen LogP contribution in [0, 0.1) is 11.8 Å². The van der Waals surface area contributed by atoms with Gasteiger partial charge in [-0.2, -0.15) is 0 Å². The molecule has 0 fully saturated rings. The zero-order chi connectivity index (χ0) is 26.8. The maximum absolute atomic E-state index is 13.1. The minimum Gasteiger partial charge on any atom is -0.480 e. The second-order valence-electron chi connectivity index (χ2n) is 10.6. The van der Waals surface area contributed by atoms with Crippen LogP contribution in [-0.4, -0.2) is 63.6 Å². The van der Waals surface area contributed by atoms with E-state index >= 15 is 0 Å². The van der Waals surface area contributed by atoms with E-state index in [1.165, 1.54) is 0 Å². The lowest BCUT2D eigenvalue weighted by molar-refractivity contribution is -0.144. The second-order valence-corrected chi connectivity index (χ2v) is 10.6. The molecule has 1 rings (SSSR count). The van der Waals surface area contributed by atoms with E-state index in [-0.39, 0.29) is 31.4 Å². The first-order chi connectivity index (χ1) is 16.2. The number of amides is 2. The van der Waals surface area contributed by atoms with E-state index in [2.05, 4.69) is 5.32 Å². The number of alkyl carbamates (subject to hydrolysis) is 1. The topological polar surface area (TPSA) is 125 Å². The summed E-state index contributed by atoms with van der Waals surface area (Å²) < 4.78 is 10.7. The van der Waals surface area contributed by atoms with Crippen molar-refractivity contribution in [2.24, 2.45) is 11.8 Å². The van der Waals surface area contributed by atoms with E-state index in [0.29, 0.717) is 6.42 Å². The molecule has 9 heteroatoms. The van der Waals surface area contributed by atoms with Crippen molar-refractivity contribution in [3.63, 3.8) is 0 Å². The number of carboxylic acid groups (broad SMARTS) is 1. The Labute approximate surface area is 208 Å². The molecular weight excluding hydrogens is 452 g/mol. The van der Waals surface area contributed by atoms with E-state index < -0.39 is 41.9 Å². The lowest BCUT2D eigenvalue weighted by Crippen LogP contribution is -2.54. The van der Waals surface area contributed by atoms with Crippen LogP contribution in [0.4, 0.5) is 9.59 Å². The Morgan fingerprint density at radius 3 is 2.06 bits per heavy atom. The Morgan fingerprint density at radius 2 is 1.57 bits per heavy atom. The van der Waals surface area contributed by atoms with Crippen LogP contribution in [0.25, 0.3) is 0 Å². The predicted molar refractivity (Wildman–Crippen MR) is 133 cm³/mol. The summed E-state index contributed by atoms with van der Waals surface area (Å²) in [6, 6.07) is 7.07. The zero-order valence-corrected chi connectivity index (χ0v) is 22.0. The van der Waals surface area contributed by atoms with Gasteiger partial charge in [0.05, 0.1) is 18.7 Å². The molecule has 2 amide bonds. The zero-order valence-electron chi connectivity index (χ0n) is 22.0. The molecule has 3 atom stereocenters. The number of rotatable bonds is 12. The molecule has 3 N–H and O–H groups in total. The van der Waals surface area contributed by atoms with Crippen molar-refractivity contribution in [3.05, 3.63) is 35.9 Å². The Balaban J connectivity index is 3.12. The van der Waals surface area contributed by atoms with Gasteiger partial charge in [-0.15, -0.1) is 0 Å². The third-order valence-corrected chi connectivity index (χ3v) is 5.07. The van der Waals surface area contributed by atoms with Gasteiger partial charge < -0.3 is 25.0 Å². The number of carbonyl (C=O) groups excluding carboxylic acids is 2. The Kier molecular flexibility index (Phi) is 12.0. The van der Waals surface area contributed by atoms with E-state index in [0.717, 1.165) is 10.5 Å². The van der Waals surface area contributed by atoms with Crippen LogP contribution in [0.5, 0.6) is 0 Å². The highest BCUT2D eigenvalue weighted by Gasteiger charge is 2.35. The van der Waals surface area contributed by atoms with Gasteiger partial charge in [-0.3, -0.25) is 4.90 Å². The minimum absolute atomic E-state index is 0.0241. The van der Waals surface area contributed by atoms with Crippen molar-refractivity contribution in [1.29, 1.82) is 0 Å². The fourth-order valence-corrected chi connectivity index (χ4v) is 3.55. The van der Waals surface area contributed by atoms with Crippen LogP contribution in [0.3, 0.4) is 0 Å². The van der Waals surface area contributed by atoms with Gasteiger partial charge in [0.2, 0.25) is 0 Å². The van der Waals surface area contributed by atoms with E-state index in [4.69, 9.17) is 9.47 Å². The molecule has 1 aromatic rings. The highest BCUT2D eigenvalue weighted by molar-refractivity contribution is 5.80. The molecule has 0 radical (unpaired) electrons. The number of carbonyl (C=O) groups is 3. The number of aliphatic carboxylic acids is 1. The number of aliphatic hydroxyl groups excluding tert-OH is 1. The van der Waals surface area contributed by atoms with Gasteiger partial charge in [-0.05, 0) is 51.0 Å². The van der Waals surface area contributed by atoms with Crippen LogP contribution >= 0.6 is 0 Å². The van der Waals surface area contributed by atoms with Gasteiger partial charge in [0.1, 0.15) is 18.2 Å². The first-order valence-electron chi connectivity index (χ1n) is 12.1. The minimum atomic E-state index is -1.25. The summed E-state index contributed by atoms with van der Waals surface area (Å²) in [6.45, 7) is 12.4. The summed E-state index contributed by atoms with van der Waals surface area (Å²) in [5.74, 6) is -1.11. The van der Waals surface area contributed by atoms with Crippen molar-refractivity contribution in [1.82, 2.24) is 10.2 Å². The van der Waals surface area contributed by atoms with Crippen molar-refractivity contribution in [2.75, 3.05) is 6.54 Å². The summed E-state index contributed by atoms with van der Waals surface area (Å²) in [5, 5.41) is 23.6. The quantitative estimate of drug-likeness (QED) is 0.393. The fraction of sp³-hybridized carbons (Fsp3) is 0.654. The van der Waals surface area contributed by atoms with Gasteiger partial charge in [0.15, 0.2) is 0 Å². The molecule has 0 aromatic heterocycles. The van der Waals surface area contributed by atoms with Crippen molar-refractivity contribution in [2.45, 2.75) is 91.7 Å². The van der Waals surface area contributed by atoms with Crippen molar-refractivity contribution >= 4 is 18.2 Å². The molecule has 198 valence electrons. The summed E-state index contributed by atoms with van der Waals surface area (Å²) in [5.41, 5.74) is 0.0254. The Morgan fingerprint density at radius 1 is 1.00 bits per heavy atom. The summed E-state index contributed by atoms with van der Waals surface area (Å²) in [7, 11) is 0. The molecule has 1 unspecified atom stereocenters. The van der Waals surface area contributed by atoms with E-state index in [1.807, 2.05) is 45.9 Å². The molecule has 0 aliphatic rings. The van der Waals surface area contributed by atoms with Gasteiger partial charge in [0, 0.05) is 0 Å². The molecule has 0 saturated carbocycles. The molecule has 1 aromatic carbocycles.